The summed E-state index contributed by atoms with van der Waals surface area (Å²) >= 11 is 0. The zero-order valence-electron chi connectivity index (χ0n) is 7.71. The van der Waals surface area contributed by atoms with E-state index in [0.717, 1.165) is 11.3 Å². The fraction of sp³-hybridized carbons (Fsp3) is 0. The van der Waals surface area contributed by atoms with Gasteiger partial charge in [0.25, 0.3) is 0 Å². The maximum Gasteiger partial charge on any atom is 0.238 e. The molecule has 0 atom stereocenters. The second-order valence-corrected chi connectivity index (χ2v) is 4.60. The molecule has 0 saturated carbocycles. The molecule has 15 heavy (non-hydrogen) atoms. The van der Waals surface area contributed by atoms with Gasteiger partial charge < -0.3 is 0 Å². The number of hydrogen-bond acceptors (Lipinski definition) is 3. The van der Waals surface area contributed by atoms with Gasteiger partial charge in [0.05, 0.1) is 10.6 Å². The first kappa shape index (κ1) is 9.88. The Labute approximate surface area is 87.0 Å². The molecule has 0 aliphatic carbocycles. The lowest BCUT2D eigenvalue weighted by Gasteiger charge is -1.99. The number of nitrogens with one attached hydrogen (secondary N) is 1. The molecule has 1 aromatic carbocycles. The summed E-state index contributed by atoms with van der Waals surface area (Å²) in [5, 5.41) is 11.6. The van der Waals surface area contributed by atoms with E-state index in [1.807, 2.05) is 0 Å². The van der Waals surface area contributed by atoms with Crippen LogP contribution in [-0.2, 0) is 10.0 Å². The van der Waals surface area contributed by atoms with Gasteiger partial charge in [0.1, 0.15) is 0 Å². The van der Waals surface area contributed by atoms with Gasteiger partial charge in [0.15, 0.2) is 0 Å². The number of aromatic nitrogens is 2. The molecule has 5 nitrogen and oxygen atoms in total. The molecule has 2 aromatic rings. The van der Waals surface area contributed by atoms with Crippen molar-refractivity contribution in [3.63, 3.8) is 0 Å². The molecule has 0 radical (unpaired) electrons. The van der Waals surface area contributed by atoms with Crippen molar-refractivity contribution in [2.24, 2.45) is 5.14 Å². The predicted molar refractivity (Wildman–Crippen MR) is 55.4 cm³/mol. The van der Waals surface area contributed by atoms with E-state index in [4.69, 9.17) is 5.14 Å². The van der Waals surface area contributed by atoms with Crippen molar-refractivity contribution >= 4 is 10.0 Å². The highest BCUT2D eigenvalue weighted by Crippen LogP contribution is 2.17. The molecular formula is C9H9N3O2S. The number of benzene rings is 1. The van der Waals surface area contributed by atoms with Crippen LogP contribution in [0, 0.1) is 0 Å². The Balaban J connectivity index is 2.42. The Hall–Kier alpha value is -1.66. The van der Waals surface area contributed by atoms with Crippen LogP contribution in [0.2, 0.25) is 0 Å². The minimum atomic E-state index is -3.61. The van der Waals surface area contributed by atoms with E-state index in [9.17, 15) is 8.42 Å². The molecule has 1 aromatic heterocycles. The lowest BCUT2D eigenvalue weighted by Crippen LogP contribution is -2.11. The van der Waals surface area contributed by atoms with Gasteiger partial charge in [-0.05, 0) is 23.8 Å². The highest BCUT2D eigenvalue weighted by Gasteiger charge is 2.07. The van der Waals surface area contributed by atoms with Gasteiger partial charge in [-0.3, -0.25) is 5.10 Å². The Bertz CT molecular complexity index is 544. The first-order valence-corrected chi connectivity index (χ1v) is 5.74. The fourth-order valence-electron chi connectivity index (χ4n) is 1.24. The maximum absolute atomic E-state index is 11.0. The molecule has 0 fully saturated rings. The standard InChI is InChI=1S/C9H9N3O2S/c10-15(13,14)8-3-1-7(2-4-8)9-5-6-11-12-9/h1-6H,(H,11,12)(H2,10,13,14). The Morgan fingerprint density at radius 3 is 2.27 bits per heavy atom. The monoisotopic (exact) mass is 223 g/mol. The van der Waals surface area contributed by atoms with E-state index in [2.05, 4.69) is 10.2 Å². The topological polar surface area (TPSA) is 88.8 Å². The van der Waals surface area contributed by atoms with Crippen LogP contribution < -0.4 is 5.14 Å². The fourth-order valence-corrected chi connectivity index (χ4v) is 1.76. The predicted octanol–water partition coefficient (Wildman–Crippen LogP) is 0.724. The van der Waals surface area contributed by atoms with Crippen LogP contribution in [0.25, 0.3) is 11.3 Å². The van der Waals surface area contributed by atoms with Crippen molar-refractivity contribution in [2.45, 2.75) is 4.90 Å². The average molecular weight is 223 g/mol. The number of hydrogen-bond donors (Lipinski definition) is 2. The quantitative estimate of drug-likeness (QED) is 0.786. The lowest BCUT2D eigenvalue weighted by molar-refractivity contribution is 0.598. The van der Waals surface area contributed by atoms with Crippen LogP contribution in [-0.4, -0.2) is 18.6 Å². The van der Waals surface area contributed by atoms with Crippen LogP contribution in [0.4, 0.5) is 0 Å². The average Bonchev–Trinajstić information content (AvgIpc) is 2.69. The molecule has 1 heterocycles. The minimum absolute atomic E-state index is 0.103. The van der Waals surface area contributed by atoms with Crippen molar-refractivity contribution in [2.75, 3.05) is 0 Å². The summed E-state index contributed by atoms with van der Waals surface area (Å²) in [6, 6.07) is 8.07. The number of sulfonamides is 1. The highest BCUT2D eigenvalue weighted by molar-refractivity contribution is 7.89. The zero-order chi connectivity index (χ0) is 10.9. The van der Waals surface area contributed by atoms with Crippen LogP contribution in [0.3, 0.4) is 0 Å². The molecule has 0 spiro atoms. The minimum Gasteiger partial charge on any atom is -0.278 e. The van der Waals surface area contributed by atoms with Gasteiger partial charge in [-0.1, -0.05) is 12.1 Å². The summed E-state index contributed by atoms with van der Waals surface area (Å²) in [5.74, 6) is 0. The second-order valence-electron chi connectivity index (χ2n) is 3.04. The molecule has 6 heteroatoms. The van der Waals surface area contributed by atoms with Gasteiger partial charge in [0.2, 0.25) is 10.0 Å². The third-order valence-corrected chi connectivity index (χ3v) is 2.92. The molecule has 0 aliphatic rings. The summed E-state index contributed by atoms with van der Waals surface area (Å²) in [6.45, 7) is 0. The largest absolute Gasteiger partial charge is 0.278 e. The number of H-pyrrole nitrogens is 1. The van der Waals surface area contributed by atoms with E-state index >= 15 is 0 Å². The summed E-state index contributed by atoms with van der Waals surface area (Å²) in [5.41, 5.74) is 1.69. The zero-order valence-corrected chi connectivity index (χ0v) is 8.53. The molecule has 0 amide bonds. The number of primary sulfonamides is 1. The summed E-state index contributed by atoms with van der Waals surface area (Å²) < 4.78 is 22.0. The van der Waals surface area contributed by atoms with Gasteiger partial charge >= 0.3 is 0 Å². The van der Waals surface area contributed by atoms with E-state index in [1.54, 1.807) is 24.4 Å². The van der Waals surface area contributed by atoms with E-state index in [0.29, 0.717) is 0 Å². The Morgan fingerprint density at radius 2 is 1.80 bits per heavy atom. The molecule has 2 rings (SSSR count). The Morgan fingerprint density at radius 1 is 1.13 bits per heavy atom. The van der Waals surface area contributed by atoms with Gasteiger partial charge in [-0.25, -0.2) is 13.6 Å². The summed E-state index contributed by atoms with van der Waals surface area (Å²) in [6.07, 6.45) is 1.63. The first-order valence-electron chi connectivity index (χ1n) is 4.20. The Kier molecular flexibility index (Phi) is 2.29. The second kappa shape index (κ2) is 3.48. The first-order chi connectivity index (χ1) is 7.07. The summed E-state index contributed by atoms with van der Waals surface area (Å²) in [4.78, 5) is 0.103. The van der Waals surface area contributed by atoms with Crippen molar-refractivity contribution in [3.8, 4) is 11.3 Å². The van der Waals surface area contributed by atoms with Crippen LogP contribution in [0.1, 0.15) is 0 Å². The number of nitrogens with zero attached hydrogens (tertiary/aromatic N) is 1. The van der Waals surface area contributed by atoms with Crippen molar-refractivity contribution < 1.29 is 8.42 Å². The van der Waals surface area contributed by atoms with Gasteiger partial charge in [-0.15, -0.1) is 0 Å². The number of rotatable bonds is 2. The van der Waals surface area contributed by atoms with Crippen LogP contribution in [0.5, 0.6) is 0 Å². The number of nitrogens with two attached hydrogens (primary N) is 1. The van der Waals surface area contributed by atoms with Crippen LogP contribution >= 0.6 is 0 Å². The molecule has 0 aliphatic heterocycles. The number of aromatic amines is 1. The van der Waals surface area contributed by atoms with Crippen molar-refractivity contribution in [3.05, 3.63) is 36.5 Å². The molecule has 0 bridgehead atoms. The van der Waals surface area contributed by atoms with E-state index in [1.165, 1.54) is 12.1 Å². The normalized spacial score (nSPS) is 11.5. The van der Waals surface area contributed by atoms with E-state index < -0.39 is 10.0 Å². The van der Waals surface area contributed by atoms with Crippen molar-refractivity contribution in [1.82, 2.24) is 10.2 Å². The lowest BCUT2D eigenvalue weighted by atomic mass is 10.2. The third kappa shape index (κ3) is 2.05. The summed E-state index contributed by atoms with van der Waals surface area (Å²) in [7, 11) is -3.61. The molecule has 0 saturated heterocycles. The molecule has 0 unspecified atom stereocenters. The van der Waals surface area contributed by atoms with Crippen molar-refractivity contribution in [1.29, 1.82) is 0 Å². The van der Waals surface area contributed by atoms with E-state index in [-0.39, 0.29) is 4.90 Å². The van der Waals surface area contributed by atoms with Gasteiger partial charge in [-0.2, -0.15) is 5.10 Å². The molecular weight excluding hydrogens is 214 g/mol. The van der Waals surface area contributed by atoms with Crippen LogP contribution in [0.15, 0.2) is 41.4 Å². The van der Waals surface area contributed by atoms with Gasteiger partial charge in [0, 0.05) is 6.20 Å². The molecule has 3 N–H and O–H groups in total. The smallest absolute Gasteiger partial charge is 0.238 e. The third-order valence-electron chi connectivity index (χ3n) is 1.99. The highest BCUT2D eigenvalue weighted by atomic mass is 32.2. The molecule has 78 valence electrons. The SMILES string of the molecule is NS(=O)(=O)c1ccc(-c2ccn[nH]2)cc1. The maximum atomic E-state index is 11.0.